The van der Waals surface area contributed by atoms with Gasteiger partial charge in [0, 0.05) is 40.3 Å². The number of nitro groups is 2. The molecular weight excluding hydrogens is 454 g/mol. The van der Waals surface area contributed by atoms with Crippen LogP contribution in [0, 0.1) is 27.2 Å². The molecule has 1 saturated carbocycles. The zero-order valence-corrected chi connectivity index (χ0v) is 19.8. The minimum absolute atomic E-state index is 0.0179. The molecule has 34 heavy (non-hydrogen) atoms. The van der Waals surface area contributed by atoms with Gasteiger partial charge in [0.25, 0.3) is 11.4 Å². The van der Waals surface area contributed by atoms with Crippen LogP contribution < -0.4 is 4.80 Å². The van der Waals surface area contributed by atoms with E-state index < -0.39 is 9.85 Å². The van der Waals surface area contributed by atoms with Crippen LogP contribution in [0.2, 0.25) is 0 Å². The van der Waals surface area contributed by atoms with E-state index in [1.807, 2.05) is 18.4 Å². The van der Waals surface area contributed by atoms with E-state index in [4.69, 9.17) is 10.1 Å². The summed E-state index contributed by atoms with van der Waals surface area (Å²) < 4.78 is 1.75. The molecule has 1 aliphatic rings. The normalized spacial score (nSPS) is 15.5. The molecule has 2 aromatic carbocycles. The van der Waals surface area contributed by atoms with Crippen LogP contribution in [0.5, 0.6) is 0 Å². The van der Waals surface area contributed by atoms with Crippen molar-refractivity contribution in [2.45, 2.75) is 52.0 Å². The van der Waals surface area contributed by atoms with Gasteiger partial charge in [-0.1, -0.05) is 31.4 Å². The third kappa shape index (κ3) is 5.12. The van der Waals surface area contributed by atoms with Gasteiger partial charge in [0.15, 0.2) is 0 Å². The van der Waals surface area contributed by atoms with E-state index in [0.717, 1.165) is 41.7 Å². The van der Waals surface area contributed by atoms with E-state index in [1.165, 1.54) is 36.0 Å². The lowest BCUT2D eigenvalue weighted by Crippen LogP contribution is -2.19. The molecule has 1 aliphatic carbocycles. The number of nitrogens with zero attached hydrogens (tertiary/aromatic N) is 5. The summed E-state index contributed by atoms with van der Waals surface area (Å²) in [4.78, 5) is 27.4. The molecule has 176 valence electrons. The number of hydrogen-bond donors (Lipinski definition) is 0. The predicted molar refractivity (Wildman–Crippen MR) is 132 cm³/mol. The number of hydrogen-bond acceptors (Lipinski definition) is 7. The van der Waals surface area contributed by atoms with Crippen molar-refractivity contribution < 1.29 is 9.85 Å². The zero-order valence-electron chi connectivity index (χ0n) is 19.0. The van der Waals surface area contributed by atoms with Crippen molar-refractivity contribution in [3.05, 3.63) is 84.0 Å². The summed E-state index contributed by atoms with van der Waals surface area (Å²) in [6.45, 7) is 3.51. The molecule has 1 aromatic heterocycles. The van der Waals surface area contributed by atoms with Crippen molar-refractivity contribution in [3.63, 3.8) is 0 Å². The highest BCUT2D eigenvalue weighted by atomic mass is 32.1. The van der Waals surface area contributed by atoms with Crippen LogP contribution in [0.15, 0.2) is 57.9 Å². The molecule has 0 spiro atoms. The first kappa shape index (κ1) is 23.5. The van der Waals surface area contributed by atoms with Crippen LogP contribution in [0.25, 0.3) is 11.3 Å². The minimum atomic E-state index is -0.429. The molecule has 0 saturated heterocycles. The third-order valence-corrected chi connectivity index (χ3v) is 6.83. The molecule has 1 heterocycles. The second-order valence-electron chi connectivity index (χ2n) is 8.38. The lowest BCUT2D eigenvalue weighted by atomic mass is 9.96. The molecular formula is C24H25N5O4S. The Morgan fingerprint density at radius 1 is 1.03 bits per heavy atom. The average molecular weight is 480 g/mol. The molecule has 9 nitrogen and oxygen atoms in total. The van der Waals surface area contributed by atoms with Crippen LogP contribution in [0.1, 0.15) is 50.2 Å². The van der Waals surface area contributed by atoms with Crippen molar-refractivity contribution in [2.24, 2.45) is 10.1 Å². The summed E-state index contributed by atoms with van der Waals surface area (Å²) in [6.07, 6.45) is 5.62. The largest absolute Gasteiger partial charge is 0.272 e. The fraction of sp³-hybridized carbons (Fsp3) is 0.333. The van der Waals surface area contributed by atoms with Gasteiger partial charge in [0.2, 0.25) is 4.80 Å². The Bertz CT molecular complexity index is 1320. The van der Waals surface area contributed by atoms with E-state index in [9.17, 15) is 20.2 Å². The van der Waals surface area contributed by atoms with Gasteiger partial charge >= 0.3 is 0 Å². The van der Waals surface area contributed by atoms with Crippen molar-refractivity contribution in [2.75, 3.05) is 0 Å². The van der Waals surface area contributed by atoms with E-state index in [1.54, 1.807) is 29.8 Å². The lowest BCUT2D eigenvalue weighted by Gasteiger charge is -2.17. The Kier molecular flexibility index (Phi) is 6.97. The molecule has 0 amide bonds. The van der Waals surface area contributed by atoms with Gasteiger partial charge < -0.3 is 0 Å². The van der Waals surface area contributed by atoms with Crippen molar-refractivity contribution in [1.82, 2.24) is 4.68 Å². The Morgan fingerprint density at radius 2 is 1.74 bits per heavy atom. The molecule has 4 rings (SSSR count). The molecule has 0 unspecified atom stereocenters. The number of non-ortho nitro benzene ring substituents is 1. The van der Waals surface area contributed by atoms with Crippen LogP contribution >= 0.6 is 11.3 Å². The van der Waals surface area contributed by atoms with Crippen LogP contribution in [0.4, 0.5) is 11.4 Å². The monoisotopic (exact) mass is 479 g/mol. The second-order valence-corrected chi connectivity index (χ2v) is 9.22. The van der Waals surface area contributed by atoms with Gasteiger partial charge in [-0.05, 0) is 38.8 Å². The van der Waals surface area contributed by atoms with Gasteiger partial charge in [-0.15, -0.1) is 11.3 Å². The number of nitro benzene ring substituents is 2. The molecule has 1 fully saturated rings. The quantitative estimate of drug-likeness (QED) is 0.250. The smallest absolute Gasteiger partial charge is 0.258 e. The number of thiazole rings is 1. The minimum Gasteiger partial charge on any atom is -0.258 e. The summed E-state index contributed by atoms with van der Waals surface area (Å²) in [5, 5.41) is 29.2. The first-order chi connectivity index (χ1) is 16.3. The standard InChI is InChI=1S/C24H25N5O4S/c1-16-8-9-19(14-22(16)29(32)33)17(2)26-27-23(18-10-12-21(13-11-18)28(30)31)15-34-24(27)25-20-6-4-3-5-7-20/h8-15,20H,3-7H2,1-2H3. The van der Waals surface area contributed by atoms with Gasteiger partial charge in [-0.25, -0.2) is 4.68 Å². The molecule has 0 aliphatic heterocycles. The molecule has 0 radical (unpaired) electrons. The highest BCUT2D eigenvalue weighted by Crippen LogP contribution is 2.25. The molecule has 10 heteroatoms. The fourth-order valence-electron chi connectivity index (χ4n) is 4.04. The maximum atomic E-state index is 11.4. The first-order valence-electron chi connectivity index (χ1n) is 11.1. The zero-order chi connectivity index (χ0) is 24.2. The Balaban J connectivity index is 1.82. The third-order valence-electron chi connectivity index (χ3n) is 6.00. The molecule has 3 aromatic rings. The topological polar surface area (TPSA) is 116 Å². The van der Waals surface area contributed by atoms with Gasteiger partial charge in [-0.2, -0.15) is 5.10 Å². The van der Waals surface area contributed by atoms with Crippen molar-refractivity contribution in [1.29, 1.82) is 0 Å². The maximum Gasteiger partial charge on any atom is 0.272 e. The maximum absolute atomic E-state index is 11.4. The van der Waals surface area contributed by atoms with Gasteiger partial charge in [0.05, 0.1) is 27.3 Å². The van der Waals surface area contributed by atoms with Crippen LogP contribution in [-0.2, 0) is 0 Å². The highest BCUT2D eigenvalue weighted by molar-refractivity contribution is 7.07. The second kappa shape index (κ2) is 10.1. The molecule has 0 atom stereocenters. The van der Waals surface area contributed by atoms with Crippen LogP contribution in [-0.4, -0.2) is 26.3 Å². The Labute approximate surface area is 200 Å². The number of aromatic nitrogens is 1. The van der Waals surface area contributed by atoms with Crippen molar-refractivity contribution in [3.8, 4) is 11.3 Å². The van der Waals surface area contributed by atoms with Crippen LogP contribution in [0.3, 0.4) is 0 Å². The van der Waals surface area contributed by atoms with E-state index in [-0.39, 0.29) is 17.4 Å². The SMILES string of the molecule is CC(=Nn1c(-c2ccc([N+](=O)[O-])cc2)csc1=NC1CCCCC1)c1ccc(C)c([N+](=O)[O-])c1. The summed E-state index contributed by atoms with van der Waals surface area (Å²) in [5.74, 6) is 0. The van der Waals surface area contributed by atoms with E-state index in [2.05, 4.69) is 0 Å². The van der Waals surface area contributed by atoms with Gasteiger partial charge in [0.1, 0.15) is 0 Å². The van der Waals surface area contributed by atoms with E-state index in [0.29, 0.717) is 16.8 Å². The number of rotatable bonds is 6. The number of aryl methyl sites for hydroxylation is 1. The summed E-state index contributed by atoms with van der Waals surface area (Å²) >= 11 is 1.47. The first-order valence-corrected chi connectivity index (χ1v) is 12.0. The number of benzene rings is 2. The van der Waals surface area contributed by atoms with Gasteiger partial charge in [-0.3, -0.25) is 25.2 Å². The predicted octanol–water partition coefficient (Wildman–Crippen LogP) is 5.85. The van der Waals surface area contributed by atoms with E-state index >= 15 is 0 Å². The fourth-order valence-corrected chi connectivity index (χ4v) is 4.94. The Morgan fingerprint density at radius 3 is 2.38 bits per heavy atom. The average Bonchev–Trinajstić information content (AvgIpc) is 3.21. The Hall–Kier alpha value is -3.66. The lowest BCUT2D eigenvalue weighted by molar-refractivity contribution is -0.385. The highest BCUT2D eigenvalue weighted by Gasteiger charge is 2.16. The molecule has 0 bridgehead atoms. The van der Waals surface area contributed by atoms with Crippen molar-refractivity contribution >= 4 is 28.4 Å². The summed E-state index contributed by atoms with van der Waals surface area (Å²) in [5.41, 5.74) is 3.44. The summed E-state index contributed by atoms with van der Waals surface area (Å²) in [7, 11) is 0. The molecule has 0 N–H and O–H groups in total. The summed E-state index contributed by atoms with van der Waals surface area (Å²) in [6, 6.07) is 11.6.